The number of allylic oxidation sites excluding steroid dienone is 1. The maximum Gasteiger partial charge on any atom is 0.234 e. The van der Waals surface area contributed by atoms with Crippen molar-refractivity contribution in [3.63, 3.8) is 0 Å². The van der Waals surface area contributed by atoms with E-state index in [4.69, 9.17) is 4.74 Å². The van der Waals surface area contributed by atoms with Gasteiger partial charge in [0.05, 0.1) is 11.4 Å². The van der Waals surface area contributed by atoms with E-state index in [0.29, 0.717) is 17.5 Å². The van der Waals surface area contributed by atoms with E-state index in [1.54, 1.807) is 6.08 Å². The van der Waals surface area contributed by atoms with E-state index in [9.17, 15) is 4.79 Å². The summed E-state index contributed by atoms with van der Waals surface area (Å²) in [6, 6.07) is 21.5. The number of rotatable bonds is 9. The molecule has 0 fully saturated rings. The number of ether oxygens (including phenoxy) is 1. The van der Waals surface area contributed by atoms with Crippen LogP contribution in [0.1, 0.15) is 5.82 Å². The third-order valence-electron chi connectivity index (χ3n) is 4.69. The van der Waals surface area contributed by atoms with Crippen LogP contribution in [-0.2, 0) is 17.9 Å². The lowest BCUT2D eigenvalue weighted by molar-refractivity contribution is -0.113. The van der Waals surface area contributed by atoms with Crippen molar-refractivity contribution in [2.45, 2.75) is 18.3 Å². The number of hydrogen-bond donors (Lipinski definition) is 1. The molecule has 1 aromatic heterocycles. The number of aromatic nitrogens is 3. The molecule has 3 aromatic carbocycles. The molecule has 4 rings (SSSR count). The second-order valence-corrected chi connectivity index (χ2v) is 8.68. The zero-order valence-electron chi connectivity index (χ0n) is 17.2. The second kappa shape index (κ2) is 10.5. The van der Waals surface area contributed by atoms with Crippen LogP contribution in [0.4, 0.5) is 5.69 Å². The number of carbonyl (C=O) groups excluding carboxylic acids is 1. The highest BCUT2D eigenvalue weighted by molar-refractivity contribution is 9.10. The van der Waals surface area contributed by atoms with E-state index in [1.807, 2.05) is 59.2 Å². The van der Waals surface area contributed by atoms with Crippen molar-refractivity contribution in [3.8, 4) is 5.75 Å². The summed E-state index contributed by atoms with van der Waals surface area (Å²) in [4.78, 5) is 12.4. The molecule has 4 aromatic rings. The van der Waals surface area contributed by atoms with Gasteiger partial charge in [-0.1, -0.05) is 66.4 Å². The highest BCUT2D eigenvalue weighted by atomic mass is 79.9. The lowest BCUT2D eigenvalue weighted by Crippen LogP contribution is -2.15. The number of nitrogens with one attached hydrogen (secondary N) is 1. The quantitative estimate of drug-likeness (QED) is 0.232. The number of para-hydroxylation sites is 1. The summed E-state index contributed by atoms with van der Waals surface area (Å²) in [5, 5.41) is 14.2. The first-order chi connectivity index (χ1) is 15.7. The van der Waals surface area contributed by atoms with Gasteiger partial charge in [-0.15, -0.1) is 16.8 Å². The second-order valence-electron chi connectivity index (χ2n) is 6.88. The van der Waals surface area contributed by atoms with Crippen LogP contribution >= 0.6 is 27.7 Å². The number of halogens is 1. The molecular weight excluding hydrogens is 488 g/mol. The molecule has 0 saturated heterocycles. The molecule has 32 heavy (non-hydrogen) atoms. The zero-order valence-corrected chi connectivity index (χ0v) is 19.6. The van der Waals surface area contributed by atoms with Gasteiger partial charge < -0.3 is 10.1 Å². The van der Waals surface area contributed by atoms with Gasteiger partial charge >= 0.3 is 0 Å². The van der Waals surface area contributed by atoms with Crippen molar-refractivity contribution in [2.24, 2.45) is 0 Å². The first-order valence-electron chi connectivity index (χ1n) is 9.96. The van der Waals surface area contributed by atoms with Gasteiger partial charge in [-0.05, 0) is 39.5 Å². The fourth-order valence-electron chi connectivity index (χ4n) is 3.19. The van der Waals surface area contributed by atoms with E-state index in [1.165, 1.54) is 11.8 Å². The Balaban J connectivity index is 1.43. The lowest BCUT2D eigenvalue weighted by Gasteiger charge is -2.11. The number of nitrogens with zero attached hydrogens (tertiary/aromatic N) is 3. The number of amides is 1. The molecule has 162 valence electrons. The van der Waals surface area contributed by atoms with Crippen LogP contribution < -0.4 is 10.1 Å². The number of hydrogen-bond acceptors (Lipinski definition) is 5. The van der Waals surface area contributed by atoms with Crippen LogP contribution in [0.3, 0.4) is 0 Å². The van der Waals surface area contributed by atoms with Crippen molar-refractivity contribution in [1.29, 1.82) is 0 Å². The van der Waals surface area contributed by atoms with Gasteiger partial charge in [0.1, 0.15) is 12.4 Å². The van der Waals surface area contributed by atoms with Crippen molar-refractivity contribution >= 4 is 50.1 Å². The van der Waals surface area contributed by atoms with Crippen molar-refractivity contribution < 1.29 is 9.53 Å². The Morgan fingerprint density at radius 2 is 1.88 bits per heavy atom. The maximum absolute atomic E-state index is 12.4. The predicted molar refractivity (Wildman–Crippen MR) is 132 cm³/mol. The molecule has 0 aliphatic carbocycles. The molecule has 0 saturated carbocycles. The van der Waals surface area contributed by atoms with E-state index < -0.39 is 0 Å². The summed E-state index contributed by atoms with van der Waals surface area (Å²) >= 11 is 4.76. The monoisotopic (exact) mass is 508 g/mol. The van der Waals surface area contributed by atoms with Crippen LogP contribution in [0, 0.1) is 0 Å². The maximum atomic E-state index is 12.4. The number of carbonyl (C=O) groups is 1. The van der Waals surface area contributed by atoms with Crippen LogP contribution in [0.15, 0.2) is 89.0 Å². The van der Waals surface area contributed by atoms with Gasteiger partial charge in [0.15, 0.2) is 11.0 Å². The average molecular weight is 509 g/mol. The minimum absolute atomic E-state index is 0.122. The molecule has 0 aliphatic rings. The molecule has 1 amide bonds. The molecule has 1 N–H and O–H groups in total. The van der Waals surface area contributed by atoms with Crippen LogP contribution in [0.25, 0.3) is 10.8 Å². The minimum Gasteiger partial charge on any atom is -0.485 e. The molecule has 0 radical (unpaired) electrons. The van der Waals surface area contributed by atoms with Crippen molar-refractivity contribution in [2.75, 3.05) is 11.1 Å². The smallest absolute Gasteiger partial charge is 0.234 e. The topological polar surface area (TPSA) is 69.0 Å². The first kappa shape index (κ1) is 22.1. The summed E-state index contributed by atoms with van der Waals surface area (Å²) in [5.41, 5.74) is 0.731. The average Bonchev–Trinajstić information content (AvgIpc) is 3.19. The van der Waals surface area contributed by atoms with Gasteiger partial charge in [0.25, 0.3) is 0 Å². The lowest BCUT2D eigenvalue weighted by atomic mass is 10.1. The number of benzene rings is 3. The van der Waals surface area contributed by atoms with E-state index in [-0.39, 0.29) is 18.3 Å². The fourth-order valence-corrected chi connectivity index (χ4v) is 4.34. The van der Waals surface area contributed by atoms with Crippen molar-refractivity contribution in [1.82, 2.24) is 14.8 Å². The highest BCUT2D eigenvalue weighted by Gasteiger charge is 2.15. The Labute approximate surface area is 198 Å². The molecule has 0 bridgehead atoms. The van der Waals surface area contributed by atoms with E-state index in [0.717, 1.165) is 26.7 Å². The molecule has 0 spiro atoms. The van der Waals surface area contributed by atoms with E-state index in [2.05, 4.69) is 50.2 Å². The summed E-state index contributed by atoms with van der Waals surface area (Å²) < 4.78 is 8.82. The SMILES string of the molecule is C=CCn1c(COc2cccc3ccccc23)nnc1SCC(=O)Nc1ccccc1Br. The molecular formula is C24H21BrN4O2S. The Morgan fingerprint density at radius 3 is 2.72 bits per heavy atom. The van der Waals surface area contributed by atoms with Gasteiger partial charge in [-0.3, -0.25) is 9.36 Å². The predicted octanol–water partition coefficient (Wildman–Crippen LogP) is 5.69. The minimum atomic E-state index is -0.122. The third kappa shape index (κ3) is 5.20. The van der Waals surface area contributed by atoms with Gasteiger partial charge in [0.2, 0.25) is 5.91 Å². The van der Waals surface area contributed by atoms with Crippen LogP contribution in [-0.4, -0.2) is 26.4 Å². The molecule has 1 heterocycles. The highest BCUT2D eigenvalue weighted by Crippen LogP contribution is 2.27. The fraction of sp³-hybridized carbons (Fsp3) is 0.125. The van der Waals surface area contributed by atoms with Crippen molar-refractivity contribution in [3.05, 3.63) is 89.7 Å². The Kier molecular flexibility index (Phi) is 7.24. The van der Waals surface area contributed by atoms with Crippen LogP contribution in [0.2, 0.25) is 0 Å². The molecule has 6 nitrogen and oxygen atoms in total. The number of anilines is 1. The first-order valence-corrected chi connectivity index (χ1v) is 11.7. The molecule has 8 heteroatoms. The Bertz CT molecular complexity index is 1250. The van der Waals surface area contributed by atoms with Crippen LogP contribution in [0.5, 0.6) is 5.75 Å². The standard InChI is InChI=1S/C24H21BrN4O2S/c1-2-14-29-22(15-31-21-13-7-9-17-8-3-4-10-18(17)21)27-28-24(29)32-16-23(30)26-20-12-6-5-11-19(20)25/h2-13H,1,14-16H2,(H,26,30). The summed E-state index contributed by atoms with van der Waals surface area (Å²) in [7, 11) is 0. The third-order valence-corrected chi connectivity index (χ3v) is 6.35. The largest absolute Gasteiger partial charge is 0.485 e. The van der Waals surface area contributed by atoms with E-state index >= 15 is 0 Å². The molecule has 0 unspecified atom stereocenters. The number of thioether (sulfide) groups is 1. The summed E-state index contributed by atoms with van der Waals surface area (Å²) in [6.07, 6.45) is 1.77. The summed E-state index contributed by atoms with van der Waals surface area (Å²) in [6.45, 7) is 4.61. The normalized spacial score (nSPS) is 10.8. The summed E-state index contributed by atoms with van der Waals surface area (Å²) in [5.74, 6) is 1.55. The zero-order chi connectivity index (χ0) is 22.3. The van der Waals surface area contributed by atoms with Gasteiger partial charge in [-0.2, -0.15) is 0 Å². The van der Waals surface area contributed by atoms with Gasteiger partial charge in [0, 0.05) is 16.4 Å². The Hall–Kier alpha value is -3.10. The Morgan fingerprint density at radius 1 is 1.09 bits per heavy atom. The number of fused-ring (bicyclic) bond motifs is 1. The molecule has 0 atom stereocenters. The molecule has 0 aliphatic heterocycles. The van der Waals surface area contributed by atoms with Gasteiger partial charge in [-0.25, -0.2) is 0 Å².